The Morgan fingerprint density at radius 1 is 1.47 bits per heavy atom. The SMILES string of the molecule is CCC(C)N(CC)CCC1COCCN1. The number of ether oxygens (including phenoxy) is 1. The van der Waals surface area contributed by atoms with Crippen molar-refractivity contribution in [1.82, 2.24) is 10.2 Å². The first kappa shape index (κ1) is 12.9. The van der Waals surface area contributed by atoms with E-state index in [9.17, 15) is 0 Å². The molecule has 2 atom stereocenters. The predicted octanol–water partition coefficient (Wildman–Crippen LogP) is 1.49. The number of hydrogen-bond donors (Lipinski definition) is 1. The van der Waals surface area contributed by atoms with Crippen molar-refractivity contribution >= 4 is 0 Å². The smallest absolute Gasteiger partial charge is 0.0620 e. The van der Waals surface area contributed by atoms with Crippen molar-refractivity contribution in [3.8, 4) is 0 Å². The molecule has 2 unspecified atom stereocenters. The third-order valence-corrected chi connectivity index (χ3v) is 3.38. The number of nitrogens with zero attached hydrogens (tertiary/aromatic N) is 1. The van der Waals surface area contributed by atoms with Gasteiger partial charge in [-0.15, -0.1) is 0 Å². The van der Waals surface area contributed by atoms with Crippen molar-refractivity contribution in [2.75, 3.05) is 32.8 Å². The fraction of sp³-hybridized carbons (Fsp3) is 1.00. The molecule has 90 valence electrons. The zero-order chi connectivity index (χ0) is 11.1. The van der Waals surface area contributed by atoms with Gasteiger partial charge in [-0.1, -0.05) is 13.8 Å². The highest BCUT2D eigenvalue weighted by Crippen LogP contribution is 2.06. The van der Waals surface area contributed by atoms with Crippen LogP contribution in [0, 0.1) is 0 Å². The maximum atomic E-state index is 5.45. The molecule has 1 aliphatic heterocycles. The molecular weight excluding hydrogens is 188 g/mol. The maximum Gasteiger partial charge on any atom is 0.0620 e. The zero-order valence-corrected chi connectivity index (χ0v) is 10.5. The molecule has 0 aromatic heterocycles. The summed E-state index contributed by atoms with van der Waals surface area (Å²) in [6.45, 7) is 11.9. The molecule has 1 aliphatic rings. The first-order chi connectivity index (χ1) is 7.27. The average Bonchev–Trinajstić information content (AvgIpc) is 2.31. The second-order valence-corrected chi connectivity index (χ2v) is 4.40. The Kier molecular flexibility index (Phi) is 6.22. The summed E-state index contributed by atoms with van der Waals surface area (Å²) in [6, 6.07) is 1.27. The highest BCUT2D eigenvalue weighted by atomic mass is 16.5. The first-order valence-electron chi connectivity index (χ1n) is 6.33. The molecule has 0 aromatic carbocycles. The van der Waals surface area contributed by atoms with E-state index in [1.165, 1.54) is 19.4 Å². The number of morpholine rings is 1. The average molecular weight is 214 g/mol. The Morgan fingerprint density at radius 2 is 2.27 bits per heavy atom. The van der Waals surface area contributed by atoms with E-state index in [0.717, 1.165) is 26.3 Å². The van der Waals surface area contributed by atoms with Gasteiger partial charge in [-0.05, 0) is 32.9 Å². The summed E-state index contributed by atoms with van der Waals surface area (Å²) in [4.78, 5) is 2.55. The number of hydrogen-bond acceptors (Lipinski definition) is 3. The van der Waals surface area contributed by atoms with Gasteiger partial charge in [-0.2, -0.15) is 0 Å². The minimum absolute atomic E-state index is 0.567. The molecule has 0 aromatic rings. The zero-order valence-electron chi connectivity index (χ0n) is 10.5. The summed E-state index contributed by atoms with van der Waals surface area (Å²) >= 11 is 0. The number of rotatable bonds is 6. The Hall–Kier alpha value is -0.120. The van der Waals surface area contributed by atoms with Gasteiger partial charge >= 0.3 is 0 Å². The van der Waals surface area contributed by atoms with Gasteiger partial charge in [0.25, 0.3) is 0 Å². The molecule has 1 rings (SSSR count). The van der Waals surface area contributed by atoms with Crippen molar-refractivity contribution in [3.05, 3.63) is 0 Å². The summed E-state index contributed by atoms with van der Waals surface area (Å²) < 4.78 is 5.45. The Morgan fingerprint density at radius 3 is 2.80 bits per heavy atom. The van der Waals surface area contributed by atoms with Crippen molar-refractivity contribution in [3.63, 3.8) is 0 Å². The molecule has 1 fully saturated rings. The second-order valence-electron chi connectivity index (χ2n) is 4.40. The molecule has 0 spiro atoms. The fourth-order valence-electron chi connectivity index (χ4n) is 2.08. The quantitative estimate of drug-likeness (QED) is 0.725. The van der Waals surface area contributed by atoms with E-state index >= 15 is 0 Å². The second kappa shape index (κ2) is 7.20. The van der Waals surface area contributed by atoms with Crippen LogP contribution in [0.5, 0.6) is 0 Å². The standard InChI is InChI=1S/C12H26N2O/c1-4-11(3)14(5-2)8-6-12-10-15-9-7-13-12/h11-13H,4-10H2,1-3H3. The molecule has 0 aliphatic carbocycles. The molecule has 1 N–H and O–H groups in total. The lowest BCUT2D eigenvalue weighted by molar-refractivity contribution is 0.0680. The largest absolute Gasteiger partial charge is 0.379 e. The molecule has 3 heteroatoms. The molecule has 1 heterocycles. The van der Waals surface area contributed by atoms with Crippen LogP contribution in [0.15, 0.2) is 0 Å². The topological polar surface area (TPSA) is 24.5 Å². The van der Waals surface area contributed by atoms with Crippen LogP contribution in [0.2, 0.25) is 0 Å². The van der Waals surface area contributed by atoms with Crippen LogP contribution in [0.25, 0.3) is 0 Å². The van der Waals surface area contributed by atoms with E-state index in [-0.39, 0.29) is 0 Å². The molecule has 0 radical (unpaired) electrons. The van der Waals surface area contributed by atoms with Gasteiger partial charge in [0.2, 0.25) is 0 Å². The Bertz CT molecular complexity index is 158. The fourth-order valence-corrected chi connectivity index (χ4v) is 2.08. The summed E-state index contributed by atoms with van der Waals surface area (Å²) in [5.74, 6) is 0. The number of nitrogens with one attached hydrogen (secondary N) is 1. The van der Waals surface area contributed by atoms with E-state index in [2.05, 4.69) is 31.0 Å². The summed E-state index contributed by atoms with van der Waals surface area (Å²) in [7, 11) is 0. The molecular formula is C12H26N2O. The third-order valence-electron chi connectivity index (χ3n) is 3.38. The third kappa shape index (κ3) is 4.49. The van der Waals surface area contributed by atoms with Gasteiger partial charge in [0, 0.05) is 18.6 Å². The molecule has 3 nitrogen and oxygen atoms in total. The van der Waals surface area contributed by atoms with Gasteiger partial charge < -0.3 is 15.0 Å². The van der Waals surface area contributed by atoms with E-state index in [0.29, 0.717) is 12.1 Å². The van der Waals surface area contributed by atoms with Crippen LogP contribution in [0.1, 0.15) is 33.6 Å². The molecule has 15 heavy (non-hydrogen) atoms. The minimum Gasteiger partial charge on any atom is -0.379 e. The van der Waals surface area contributed by atoms with E-state index in [4.69, 9.17) is 4.74 Å². The van der Waals surface area contributed by atoms with E-state index in [1.54, 1.807) is 0 Å². The molecule has 0 saturated carbocycles. The van der Waals surface area contributed by atoms with Crippen molar-refractivity contribution in [1.29, 1.82) is 0 Å². The van der Waals surface area contributed by atoms with Crippen LogP contribution in [-0.2, 0) is 4.74 Å². The monoisotopic (exact) mass is 214 g/mol. The van der Waals surface area contributed by atoms with Crippen LogP contribution < -0.4 is 5.32 Å². The predicted molar refractivity (Wildman–Crippen MR) is 64.2 cm³/mol. The van der Waals surface area contributed by atoms with Gasteiger partial charge in [-0.25, -0.2) is 0 Å². The molecule has 0 bridgehead atoms. The van der Waals surface area contributed by atoms with E-state index < -0.39 is 0 Å². The highest BCUT2D eigenvalue weighted by Gasteiger charge is 2.15. The maximum absolute atomic E-state index is 5.45. The van der Waals surface area contributed by atoms with Crippen molar-refractivity contribution in [2.45, 2.75) is 45.7 Å². The molecule has 0 amide bonds. The minimum atomic E-state index is 0.567. The van der Waals surface area contributed by atoms with Crippen molar-refractivity contribution in [2.24, 2.45) is 0 Å². The van der Waals surface area contributed by atoms with Crippen LogP contribution in [-0.4, -0.2) is 49.8 Å². The van der Waals surface area contributed by atoms with Gasteiger partial charge in [0.05, 0.1) is 13.2 Å². The van der Waals surface area contributed by atoms with Gasteiger partial charge in [0.1, 0.15) is 0 Å². The van der Waals surface area contributed by atoms with E-state index in [1.807, 2.05) is 0 Å². The lowest BCUT2D eigenvalue weighted by atomic mass is 10.1. The van der Waals surface area contributed by atoms with Crippen LogP contribution in [0.4, 0.5) is 0 Å². The Balaban J connectivity index is 2.20. The van der Waals surface area contributed by atoms with Crippen molar-refractivity contribution < 1.29 is 4.74 Å². The lowest BCUT2D eigenvalue weighted by Crippen LogP contribution is -2.44. The van der Waals surface area contributed by atoms with Gasteiger partial charge in [0.15, 0.2) is 0 Å². The van der Waals surface area contributed by atoms with Crippen LogP contribution in [0.3, 0.4) is 0 Å². The first-order valence-corrected chi connectivity index (χ1v) is 6.33. The molecule has 1 saturated heterocycles. The summed E-state index contributed by atoms with van der Waals surface area (Å²) in [5, 5.41) is 3.50. The summed E-state index contributed by atoms with van der Waals surface area (Å²) in [5.41, 5.74) is 0. The lowest BCUT2D eigenvalue weighted by Gasteiger charge is -2.30. The van der Waals surface area contributed by atoms with Gasteiger partial charge in [-0.3, -0.25) is 0 Å². The highest BCUT2D eigenvalue weighted by molar-refractivity contribution is 4.73. The normalized spacial score (nSPS) is 24.4. The van der Waals surface area contributed by atoms with Crippen LogP contribution >= 0.6 is 0 Å². The Labute approximate surface area is 94.2 Å². The summed E-state index contributed by atoms with van der Waals surface area (Å²) in [6.07, 6.45) is 2.45.